The first kappa shape index (κ1) is 19.4. The summed E-state index contributed by atoms with van der Waals surface area (Å²) >= 11 is 0. The first-order chi connectivity index (χ1) is 14.0. The van der Waals surface area contributed by atoms with Crippen LogP contribution in [0.1, 0.15) is 31.2 Å². The van der Waals surface area contributed by atoms with Crippen molar-refractivity contribution in [2.75, 3.05) is 18.0 Å². The van der Waals surface area contributed by atoms with Gasteiger partial charge in [0.05, 0.1) is 6.04 Å². The number of anilines is 1. The van der Waals surface area contributed by atoms with Crippen LogP contribution in [0.2, 0.25) is 0 Å². The summed E-state index contributed by atoms with van der Waals surface area (Å²) in [5.41, 5.74) is 0.247. The molecule has 1 atom stereocenters. The van der Waals surface area contributed by atoms with Gasteiger partial charge in [0.1, 0.15) is 17.5 Å². The van der Waals surface area contributed by atoms with E-state index in [4.69, 9.17) is 0 Å². The molecule has 2 aromatic rings. The minimum Gasteiger partial charge on any atom is -0.479 e. The fourth-order valence-electron chi connectivity index (χ4n) is 3.81. The predicted molar refractivity (Wildman–Crippen MR) is 102 cm³/mol. The van der Waals surface area contributed by atoms with E-state index in [0.717, 1.165) is 38.3 Å². The van der Waals surface area contributed by atoms with E-state index >= 15 is 0 Å². The molecule has 2 N–H and O–H groups in total. The molecule has 2 aliphatic rings. The Labute approximate surface area is 167 Å². The lowest BCUT2D eigenvalue weighted by Gasteiger charge is -2.40. The highest BCUT2D eigenvalue weighted by Crippen LogP contribution is 2.32. The molecule has 1 aliphatic heterocycles. The van der Waals surface area contributed by atoms with Crippen molar-refractivity contribution in [1.29, 1.82) is 0 Å². The van der Waals surface area contributed by atoms with Crippen molar-refractivity contribution in [2.45, 2.75) is 44.3 Å². The Hall–Kier alpha value is -2.97. The van der Waals surface area contributed by atoms with Crippen molar-refractivity contribution in [1.82, 2.24) is 20.2 Å². The molecule has 0 spiro atoms. The van der Waals surface area contributed by atoms with Gasteiger partial charge in [0.25, 0.3) is 0 Å². The van der Waals surface area contributed by atoms with Crippen LogP contribution in [0.5, 0.6) is 6.01 Å². The molecular formula is C20H23F2N5O2. The molecule has 0 bridgehead atoms. The molecule has 0 radical (unpaired) electrons. The van der Waals surface area contributed by atoms with E-state index in [-0.39, 0.29) is 36.2 Å². The summed E-state index contributed by atoms with van der Waals surface area (Å²) in [5, 5.41) is 12.3. The SMILES string of the molecule is O=C(NCc1ccc(F)cc1F)N(C1CC1)[C@@H]1CCCN(c2ccnc(O)n2)C1. The fraction of sp³-hybridized carbons (Fsp3) is 0.450. The van der Waals surface area contributed by atoms with Gasteiger partial charge < -0.3 is 20.2 Å². The van der Waals surface area contributed by atoms with Gasteiger partial charge in [-0.1, -0.05) is 6.07 Å². The number of nitrogens with zero attached hydrogens (tertiary/aromatic N) is 4. The number of hydrogen-bond acceptors (Lipinski definition) is 5. The molecule has 4 rings (SSSR count). The van der Waals surface area contributed by atoms with Gasteiger partial charge in [0.15, 0.2) is 0 Å². The normalized spacial score (nSPS) is 19.1. The van der Waals surface area contributed by atoms with Gasteiger partial charge >= 0.3 is 12.0 Å². The number of carbonyl (C=O) groups is 1. The number of nitrogens with one attached hydrogen (secondary N) is 1. The Morgan fingerprint density at radius 1 is 1.24 bits per heavy atom. The van der Waals surface area contributed by atoms with Gasteiger partial charge in [-0.2, -0.15) is 4.98 Å². The van der Waals surface area contributed by atoms with E-state index in [1.165, 1.54) is 18.3 Å². The largest absolute Gasteiger partial charge is 0.479 e. The summed E-state index contributed by atoms with van der Waals surface area (Å²) in [6.45, 7) is 1.39. The number of urea groups is 1. The van der Waals surface area contributed by atoms with Crippen LogP contribution < -0.4 is 10.2 Å². The number of piperidine rings is 1. The zero-order valence-corrected chi connectivity index (χ0v) is 15.9. The van der Waals surface area contributed by atoms with Gasteiger partial charge in [-0.15, -0.1) is 0 Å². The molecule has 2 fully saturated rings. The Bertz CT molecular complexity index is 893. The smallest absolute Gasteiger partial charge is 0.318 e. The molecule has 2 heterocycles. The topological polar surface area (TPSA) is 81.6 Å². The molecule has 154 valence electrons. The molecule has 1 aromatic heterocycles. The van der Waals surface area contributed by atoms with Gasteiger partial charge in [-0.25, -0.2) is 18.6 Å². The monoisotopic (exact) mass is 403 g/mol. The van der Waals surface area contributed by atoms with E-state index < -0.39 is 11.6 Å². The lowest BCUT2D eigenvalue weighted by Crippen LogP contribution is -2.54. The molecule has 2 amide bonds. The average Bonchev–Trinajstić information content (AvgIpc) is 3.53. The van der Waals surface area contributed by atoms with Crippen molar-refractivity contribution < 1.29 is 18.7 Å². The maximum Gasteiger partial charge on any atom is 0.318 e. The van der Waals surface area contributed by atoms with Crippen LogP contribution in [-0.4, -0.2) is 51.2 Å². The molecule has 9 heteroatoms. The maximum absolute atomic E-state index is 13.9. The lowest BCUT2D eigenvalue weighted by molar-refractivity contribution is 0.160. The van der Waals surface area contributed by atoms with Gasteiger partial charge in [0, 0.05) is 43.5 Å². The quantitative estimate of drug-likeness (QED) is 0.802. The Balaban J connectivity index is 1.43. The molecule has 1 aromatic carbocycles. The minimum absolute atomic E-state index is 0.00435. The highest BCUT2D eigenvalue weighted by molar-refractivity contribution is 5.75. The number of halogens is 2. The van der Waals surface area contributed by atoms with E-state index in [0.29, 0.717) is 12.4 Å². The third-order valence-electron chi connectivity index (χ3n) is 5.36. The summed E-state index contributed by atoms with van der Waals surface area (Å²) in [4.78, 5) is 24.6. The molecule has 29 heavy (non-hydrogen) atoms. The fourth-order valence-corrected chi connectivity index (χ4v) is 3.81. The first-order valence-corrected chi connectivity index (χ1v) is 9.78. The molecule has 1 aliphatic carbocycles. The van der Waals surface area contributed by atoms with Crippen LogP contribution in [0.15, 0.2) is 30.5 Å². The standard InChI is InChI=1S/C20H23F2N5O2/c21-14-4-3-13(17(22)10-14)11-24-20(29)27(15-5-6-15)16-2-1-9-26(12-16)18-7-8-23-19(28)25-18/h3-4,7-8,10,15-16H,1-2,5-6,9,11-12H2,(H,24,29)(H,23,25,28)/t16-/m1/s1. The number of aromatic nitrogens is 2. The minimum atomic E-state index is -0.671. The van der Waals surface area contributed by atoms with Crippen LogP contribution in [0.3, 0.4) is 0 Å². The van der Waals surface area contributed by atoms with Crippen molar-refractivity contribution in [2.24, 2.45) is 0 Å². The molecule has 1 saturated heterocycles. The summed E-state index contributed by atoms with van der Waals surface area (Å²) in [7, 11) is 0. The Kier molecular flexibility index (Phi) is 5.46. The van der Waals surface area contributed by atoms with Crippen LogP contribution >= 0.6 is 0 Å². The molecule has 0 unspecified atom stereocenters. The summed E-state index contributed by atoms with van der Waals surface area (Å²) in [6.07, 6.45) is 5.15. The van der Waals surface area contributed by atoms with Crippen LogP contribution in [0.4, 0.5) is 19.4 Å². The Morgan fingerprint density at radius 3 is 2.79 bits per heavy atom. The van der Waals surface area contributed by atoms with E-state index in [2.05, 4.69) is 15.3 Å². The number of carbonyl (C=O) groups excluding carboxylic acids is 1. The number of rotatable bonds is 5. The third kappa shape index (κ3) is 4.55. The highest BCUT2D eigenvalue weighted by Gasteiger charge is 2.39. The van der Waals surface area contributed by atoms with E-state index in [1.54, 1.807) is 6.07 Å². The van der Waals surface area contributed by atoms with Crippen molar-refractivity contribution in [3.05, 3.63) is 47.7 Å². The highest BCUT2D eigenvalue weighted by atomic mass is 19.1. The zero-order chi connectivity index (χ0) is 20.4. The predicted octanol–water partition coefficient (Wildman–Crippen LogP) is 2.80. The van der Waals surface area contributed by atoms with Crippen molar-refractivity contribution in [3.8, 4) is 6.01 Å². The number of amides is 2. The van der Waals surface area contributed by atoms with Crippen molar-refractivity contribution >= 4 is 11.8 Å². The first-order valence-electron chi connectivity index (χ1n) is 9.78. The van der Waals surface area contributed by atoms with Gasteiger partial charge in [-0.05, 0) is 37.8 Å². The summed E-state index contributed by atoms with van der Waals surface area (Å²) in [5.74, 6) is -0.683. The van der Waals surface area contributed by atoms with E-state index in [9.17, 15) is 18.7 Å². The molecular weight excluding hydrogens is 380 g/mol. The van der Waals surface area contributed by atoms with E-state index in [1.807, 2.05) is 9.80 Å². The second kappa shape index (κ2) is 8.18. The summed E-state index contributed by atoms with van der Waals surface area (Å²) < 4.78 is 26.9. The number of aromatic hydroxyl groups is 1. The van der Waals surface area contributed by atoms with Gasteiger partial charge in [0.2, 0.25) is 0 Å². The Morgan fingerprint density at radius 2 is 2.07 bits per heavy atom. The van der Waals surface area contributed by atoms with Crippen LogP contribution in [0.25, 0.3) is 0 Å². The second-order valence-electron chi connectivity index (χ2n) is 7.49. The van der Waals surface area contributed by atoms with Crippen LogP contribution in [0, 0.1) is 11.6 Å². The van der Waals surface area contributed by atoms with Gasteiger partial charge in [-0.3, -0.25) is 0 Å². The van der Waals surface area contributed by atoms with Crippen molar-refractivity contribution in [3.63, 3.8) is 0 Å². The lowest BCUT2D eigenvalue weighted by atomic mass is 10.0. The maximum atomic E-state index is 13.9. The third-order valence-corrected chi connectivity index (χ3v) is 5.36. The van der Waals surface area contributed by atoms with Crippen LogP contribution in [-0.2, 0) is 6.54 Å². The summed E-state index contributed by atoms with van der Waals surface area (Å²) in [6, 6.07) is 4.73. The number of benzene rings is 1. The molecule has 1 saturated carbocycles. The number of hydrogen-bond donors (Lipinski definition) is 2. The molecule has 7 nitrogen and oxygen atoms in total. The zero-order valence-electron chi connectivity index (χ0n) is 15.9. The second-order valence-corrected chi connectivity index (χ2v) is 7.49. The average molecular weight is 403 g/mol.